The number of imide groups is 1. The first-order valence-corrected chi connectivity index (χ1v) is 11.4. The number of carbonyl (C=O) groups is 2. The summed E-state index contributed by atoms with van der Waals surface area (Å²) >= 11 is 6.11. The number of halogens is 1. The number of rotatable bonds is 8. The van der Waals surface area contributed by atoms with E-state index in [1.165, 1.54) is 10.6 Å². The van der Waals surface area contributed by atoms with Crippen molar-refractivity contribution in [3.63, 3.8) is 0 Å². The Balaban J connectivity index is 1.19. The van der Waals surface area contributed by atoms with Crippen LogP contribution in [0.4, 0.5) is 11.4 Å². The predicted octanol–water partition coefficient (Wildman–Crippen LogP) is 2.78. The Labute approximate surface area is 193 Å². The summed E-state index contributed by atoms with van der Waals surface area (Å²) in [4.78, 5) is 31.2. The molecule has 0 saturated carbocycles. The molecule has 2 aliphatic rings. The van der Waals surface area contributed by atoms with Crippen LogP contribution in [-0.4, -0.2) is 69.1 Å². The maximum absolute atomic E-state index is 12.7. The van der Waals surface area contributed by atoms with E-state index in [0.29, 0.717) is 18.0 Å². The third-order valence-electron chi connectivity index (χ3n) is 6.06. The zero-order valence-electron chi connectivity index (χ0n) is 18.3. The molecule has 0 radical (unpaired) electrons. The molecule has 0 bridgehead atoms. The summed E-state index contributed by atoms with van der Waals surface area (Å²) in [7, 11) is 1.58. The highest BCUT2D eigenvalue weighted by molar-refractivity contribution is 6.30. The van der Waals surface area contributed by atoms with Crippen LogP contribution in [0.25, 0.3) is 0 Å². The van der Waals surface area contributed by atoms with Gasteiger partial charge in [-0.2, -0.15) is 0 Å². The van der Waals surface area contributed by atoms with Gasteiger partial charge < -0.3 is 15.0 Å². The van der Waals surface area contributed by atoms with E-state index in [4.69, 9.17) is 16.3 Å². The standard InChI is InChI=1S/C24H29ClN4O3/c1-32-21-8-6-19(7-9-21)29-23(30)17-22(24(29)31)26-10-3-11-27-12-14-28(15-13-27)20-5-2-4-18(25)16-20/h2,4-9,16,22,26H,3,10-15,17H2,1H3/t22-/m0/s1. The molecule has 0 unspecified atom stereocenters. The van der Waals surface area contributed by atoms with Crippen molar-refractivity contribution in [3.05, 3.63) is 53.6 Å². The highest BCUT2D eigenvalue weighted by atomic mass is 35.5. The van der Waals surface area contributed by atoms with E-state index < -0.39 is 6.04 Å². The third kappa shape index (κ3) is 5.23. The Morgan fingerprint density at radius 3 is 2.47 bits per heavy atom. The van der Waals surface area contributed by atoms with Crippen LogP contribution in [-0.2, 0) is 9.59 Å². The van der Waals surface area contributed by atoms with E-state index >= 15 is 0 Å². The Morgan fingerprint density at radius 2 is 1.78 bits per heavy atom. The van der Waals surface area contributed by atoms with Gasteiger partial charge in [-0.1, -0.05) is 17.7 Å². The fourth-order valence-electron chi connectivity index (χ4n) is 4.28. The van der Waals surface area contributed by atoms with Crippen molar-refractivity contribution in [1.29, 1.82) is 0 Å². The van der Waals surface area contributed by atoms with Gasteiger partial charge in [-0.25, -0.2) is 4.90 Å². The molecule has 2 aromatic carbocycles. The van der Waals surface area contributed by atoms with Gasteiger partial charge in [0, 0.05) is 36.9 Å². The zero-order valence-corrected chi connectivity index (χ0v) is 19.1. The largest absolute Gasteiger partial charge is 0.497 e. The molecule has 2 saturated heterocycles. The summed E-state index contributed by atoms with van der Waals surface area (Å²) in [5.74, 6) is 0.334. The lowest BCUT2D eigenvalue weighted by molar-refractivity contribution is -0.121. The van der Waals surface area contributed by atoms with Crippen molar-refractivity contribution in [3.8, 4) is 5.75 Å². The molecular weight excluding hydrogens is 428 g/mol. The summed E-state index contributed by atoms with van der Waals surface area (Å²) < 4.78 is 5.14. The SMILES string of the molecule is COc1ccc(N2C(=O)C[C@H](NCCCN3CCN(c4cccc(Cl)c4)CC3)C2=O)cc1. The van der Waals surface area contributed by atoms with Crippen molar-refractivity contribution in [2.24, 2.45) is 0 Å². The second kappa shape index (κ2) is 10.3. The monoisotopic (exact) mass is 456 g/mol. The number of nitrogens with one attached hydrogen (secondary N) is 1. The topological polar surface area (TPSA) is 65.1 Å². The lowest BCUT2D eigenvalue weighted by Gasteiger charge is -2.36. The number of carbonyl (C=O) groups excluding carboxylic acids is 2. The molecule has 1 atom stereocenters. The van der Waals surface area contributed by atoms with Crippen LogP contribution in [0, 0.1) is 0 Å². The number of piperazine rings is 1. The van der Waals surface area contributed by atoms with E-state index in [2.05, 4.69) is 21.2 Å². The maximum atomic E-state index is 12.7. The Bertz CT molecular complexity index is 945. The minimum Gasteiger partial charge on any atom is -0.497 e. The van der Waals surface area contributed by atoms with Crippen molar-refractivity contribution < 1.29 is 14.3 Å². The number of amides is 2. The number of hydrogen-bond donors (Lipinski definition) is 1. The molecule has 2 aliphatic heterocycles. The second-order valence-corrected chi connectivity index (χ2v) is 8.57. The van der Waals surface area contributed by atoms with E-state index in [9.17, 15) is 9.59 Å². The number of anilines is 2. The molecule has 2 aromatic rings. The molecule has 170 valence electrons. The Hall–Kier alpha value is -2.61. The molecule has 2 amide bonds. The summed E-state index contributed by atoms with van der Waals surface area (Å²) in [5, 5.41) is 4.04. The third-order valence-corrected chi connectivity index (χ3v) is 6.30. The van der Waals surface area contributed by atoms with E-state index in [0.717, 1.165) is 44.2 Å². The Morgan fingerprint density at radius 1 is 1.03 bits per heavy atom. The molecule has 0 spiro atoms. The van der Waals surface area contributed by atoms with Crippen LogP contribution in [0.5, 0.6) is 5.75 Å². The quantitative estimate of drug-likeness (QED) is 0.486. The molecule has 4 rings (SSSR count). The van der Waals surface area contributed by atoms with Crippen LogP contribution < -0.4 is 19.9 Å². The molecule has 8 heteroatoms. The van der Waals surface area contributed by atoms with Crippen LogP contribution >= 0.6 is 11.6 Å². The smallest absolute Gasteiger partial charge is 0.251 e. The molecule has 2 heterocycles. The van der Waals surface area contributed by atoms with Crippen molar-refractivity contribution in [2.45, 2.75) is 18.9 Å². The minimum atomic E-state index is -0.454. The van der Waals surface area contributed by atoms with Crippen LogP contribution in [0.2, 0.25) is 5.02 Å². The van der Waals surface area contributed by atoms with Gasteiger partial charge in [-0.15, -0.1) is 0 Å². The Kier molecular flexibility index (Phi) is 7.29. The van der Waals surface area contributed by atoms with Gasteiger partial charge in [-0.3, -0.25) is 14.5 Å². The van der Waals surface area contributed by atoms with Crippen molar-refractivity contribution >= 4 is 34.8 Å². The molecule has 0 aromatic heterocycles. The summed E-state index contributed by atoms with van der Waals surface area (Å²) in [6.07, 6.45) is 1.13. The number of methoxy groups -OCH3 is 1. The molecule has 32 heavy (non-hydrogen) atoms. The predicted molar refractivity (Wildman–Crippen MR) is 127 cm³/mol. The highest BCUT2D eigenvalue weighted by Gasteiger charge is 2.39. The molecule has 0 aliphatic carbocycles. The lowest BCUT2D eigenvalue weighted by atomic mass is 10.2. The van der Waals surface area contributed by atoms with Crippen molar-refractivity contribution in [1.82, 2.24) is 10.2 Å². The van der Waals surface area contributed by atoms with Crippen LogP contribution in [0.1, 0.15) is 12.8 Å². The minimum absolute atomic E-state index is 0.171. The van der Waals surface area contributed by atoms with Gasteiger partial charge in [-0.05, 0) is 62.0 Å². The van der Waals surface area contributed by atoms with E-state index in [1.54, 1.807) is 31.4 Å². The molecule has 7 nitrogen and oxygen atoms in total. The van der Waals surface area contributed by atoms with Crippen LogP contribution in [0.3, 0.4) is 0 Å². The maximum Gasteiger partial charge on any atom is 0.251 e. The van der Waals surface area contributed by atoms with Gasteiger partial charge >= 0.3 is 0 Å². The van der Waals surface area contributed by atoms with Gasteiger partial charge in [0.2, 0.25) is 5.91 Å². The molecule has 2 fully saturated rings. The van der Waals surface area contributed by atoms with Crippen molar-refractivity contribution in [2.75, 3.05) is 56.2 Å². The second-order valence-electron chi connectivity index (χ2n) is 8.14. The van der Waals surface area contributed by atoms with Gasteiger partial charge in [0.15, 0.2) is 0 Å². The van der Waals surface area contributed by atoms with Gasteiger partial charge in [0.25, 0.3) is 5.91 Å². The number of benzene rings is 2. The number of ether oxygens (including phenoxy) is 1. The zero-order chi connectivity index (χ0) is 22.5. The highest BCUT2D eigenvalue weighted by Crippen LogP contribution is 2.25. The van der Waals surface area contributed by atoms with Gasteiger partial charge in [0.05, 0.1) is 25.3 Å². The summed E-state index contributed by atoms with van der Waals surface area (Å²) in [5.41, 5.74) is 1.76. The first kappa shape index (κ1) is 22.6. The first-order chi connectivity index (χ1) is 15.5. The fraction of sp³-hybridized carbons (Fsp3) is 0.417. The number of nitrogens with zero attached hydrogens (tertiary/aromatic N) is 3. The molecular formula is C24H29ClN4O3. The van der Waals surface area contributed by atoms with Crippen LogP contribution in [0.15, 0.2) is 48.5 Å². The average Bonchev–Trinajstić information content (AvgIpc) is 3.10. The number of hydrogen-bond acceptors (Lipinski definition) is 6. The van der Waals surface area contributed by atoms with E-state index in [1.807, 2.05) is 18.2 Å². The molecule has 1 N–H and O–H groups in total. The first-order valence-electron chi connectivity index (χ1n) is 11.0. The fourth-order valence-corrected chi connectivity index (χ4v) is 4.46. The summed E-state index contributed by atoms with van der Waals surface area (Å²) in [6.45, 7) is 5.61. The van der Waals surface area contributed by atoms with Gasteiger partial charge in [0.1, 0.15) is 5.75 Å². The summed E-state index contributed by atoms with van der Waals surface area (Å²) in [6, 6.07) is 14.5. The normalized spacial score (nSPS) is 19.6. The average molecular weight is 457 g/mol. The van der Waals surface area contributed by atoms with E-state index in [-0.39, 0.29) is 18.2 Å². The lowest BCUT2D eigenvalue weighted by Crippen LogP contribution is -2.47.